The number of rotatable bonds is 7. The highest BCUT2D eigenvalue weighted by Crippen LogP contribution is 1.97. The largest absolute Gasteiger partial charge is 0.378 e. The van der Waals surface area contributed by atoms with E-state index in [2.05, 4.69) is 10.2 Å². The first kappa shape index (κ1) is 13.7. The lowest BCUT2D eigenvalue weighted by Gasteiger charge is -2.10. The van der Waals surface area contributed by atoms with E-state index in [0.29, 0.717) is 25.3 Å². The van der Waals surface area contributed by atoms with Gasteiger partial charge in [-0.1, -0.05) is 18.2 Å². The second-order valence-corrected chi connectivity index (χ2v) is 4.04. The number of nitrogens with one attached hydrogen (secondary N) is 1. The Bertz CT molecular complexity index is 325. The number of hydrogen-bond acceptors (Lipinski definition) is 3. The molecule has 0 saturated carbocycles. The van der Waals surface area contributed by atoms with Crippen molar-refractivity contribution in [2.24, 2.45) is 0 Å². The van der Waals surface area contributed by atoms with E-state index in [1.165, 1.54) is 0 Å². The third kappa shape index (κ3) is 6.04. The molecule has 0 saturated heterocycles. The molecular weight excluding hydrogens is 216 g/mol. The van der Waals surface area contributed by atoms with Gasteiger partial charge >= 0.3 is 0 Å². The number of carbonyl (C=O) groups is 1. The highest BCUT2D eigenvalue weighted by molar-refractivity contribution is 5.94. The summed E-state index contributed by atoms with van der Waals surface area (Å²) in [6, 6.07) is 9.18. The molecule has 0 aromatic heterocycles. The zero-order valence-electron chi connectivity index (χ0n) is 10.5. The predicted octanol–water partition coefficient (Wildman–Crippen LogP) is 0.995. The Labute approximate surface area is 103 Å². The van der Waals surface area contributed by atoms with Gasteiger partial charge in [0.1, 0.15) is 0 Å². The standard InChI is InChI=1S/C13H20N2O2/c1-15(2)9-11-17-10-8-14-13(16)12-6-4-3-5-7-12/h3-7H,8-11H2,1-2H3,(H,14,16). The molecule has 0 radical (unpaired) electrons. The summed E-state index contributed by atoms with van der Waals surface area (Å²) in [6.07, 6.45) is 0. The average molecular weight is 236 g/mol. The Morgan fingerprint density at radius 3 is 2.59 bits per heavy atom. The molecule has 4 nitrogen and oxygen atoms in total. The van der Waals surface area contributed by atoms with Crippen LogP contribution in [0.4, 0.5) is 0 Å². The minimum Gasteiger partial charge on any atom is -0.378 e. The van der Waals surface area contributed by atoms with Crippen LogP contribution in [0.5, 0.6) is 0 Å². The van der Waals surface area contributed by atoms with Crippen molar-refractivity contribution in [3.8, 4) is 0 Å². The maximum Gasteiger partial charge on any atom is 0.251 e. The molecule has 0 fully saturated rings. The molecular formula is C13H20N2O2. The van der Waals surface area contributed by atoms with Crippen LogP contribution in [0, 0.1) is 0 Å². The molecule has 0 atom stereocenters. The van der Waals surface area contributed by atoms with E-state index in [-0.39, 0.29) is 5.91 Å². The molecule has 1 aromatic carbocycles. The van der Waals surface area contributed by atoms with Crippen molar-refractivity contribution in [1.82, 2.24) is 10.2 Å². The van der Waals surface area contributed by atoms with Crippen molar-refractivity contribution >= 4 is 5.91 Å². The Balaban J connectivity index is 2.09. The fourth-order valence-corrected chi connectivity index (χ4v) is 1.28. The van der Waals surface area contributed by atoms with Crippen molar-refractivity contribution in [3.05, 3.63) is 35.9 Å². The van der Waals surface area contributed by atoms with Crippen LogP contribution in [0.1, 0.15) is 10.4 Å². The van der Waals surface area contributed by atoms with Gasteiger partial charge in [-0.05, 0) is 26.2 Å². The monoisotopic (exact) mass is 236 g/mol. The molecule has 4 heteroatoms. The maximum absolute atomic E-state index is 11.6. The zero-order chi connectivity index (χ0) is 12.5. The van der Waals surface area contributed by atoms with E-state index >= 15 is 0 Å². The number of hydrogen-bond donors (Lipinski definition) is 1. The van der Waals surface area contributed by atoms with Crippen LogP contribution in [0.25, 0.3) is 0 Å². The van der Waals surface area contributed by atoms with Gasteiger partial charge in [-0.3, -0.25) is 4.79 Å². The van der Waals surface area contributed by atoms with E-state index < -0.39 is 0 Å². The zero-order valence-corrected chi connectivity index (χ0v) is 10.5. The number of carbonyl (C=O) groups excluding carboxylic acids is 1. The molecule has 0 aliphatic heterocycles. The molecule has 0 aliphatic rings. The molecule has 0 unspecified atom stereocenters. The van der Waals surface area contributed by atoms with Crippen molar-refractivity contribution < 1.29 is 9.53 Å². The summed E-state index contributed by atoms with van der Waals surface area (Å²) in [5, 5.41) is 2.81. The summed E-state index contributed by atoms with van der Waals surface area (Å²) in [5.74, 6) is -0.0539. The van der Waals surface area contributed by atoms with E-state index in [1.807, 2.05) is 32.3 Å². The van der Waals surface area contributed by atoms with E-state index in [9.17, 15) is 4.79 Å². The van der Waals surface area contributed by atoms with E-state index in [0.717, 1.165) is 6.54 Å². The molecule has 0 bridgehead atoms. The van der Waals surface area contributed by atoms with Gasteiger partial charge in [-0.2, -0.15) is 0 Å². The Hall–Kier alpha value is -1.39. The van der Waals surface area contributed by atoms with Gasteiger partial charge in [-0.15, -0.1) is 0 Å². The molecule has 1 aromatic rings. The minimum absolute atomic E-state index is 0.0539. The quantitative estimate of drug-likeness (QED) is 0.718. The third-order valence-electron chi connectivity index (χ3n) is 2.25. The predicted molar refractivity (Wildman–Crippen MR) is 68.1 cm³/mol. The first-order valence-corrected chi connectivity index (χ1v) is 5.76. The number of likely N-dealkylation sites (N-methyl/N-ethyl adjacent to an activating group) is 1. The number of ether oxygens (including phenoxy) is 1. The fraction of sp³-hybridized carbons (Fsp3) is 0.462. The fourth-order valence-electron chi connectivity index (χ4n) is 1.28. The Morgan fingerprint density at radius 2 is 1.94 bits per heavy atom. The molecule has 0 spiro atoms. The van der Waals surface area contributed by atoms with Gasteiger partial charge in [0, 0.05) is 18.7 Å². The number of nitrogens with zero attached hydrogens (tertiary/aromatic N) is 1. The maximum atomic E-state index is 11.6. The minimum atomic E-state index is -0.0539. The lowest BCUT2D eigenvalue weighted by molar-refractivity contribution is 0.0900. The average Bonchev–Trinajstić information content (AvgIpc) is 2.34. The molecule has 0 heterocycles. The van der Waals surface area contributed by atoms with Crippen LogP contribution in [0.3, 0.4) is 0 Å². The van der Waals surface area contributed by atoms with Crippen LogP contribution in [0.15, 0.2) is 30.3 Å². The molecule has 1 N–H and O–H groups in total. The summed E-state index contributed by atoms with van der Waals surface area (Å²) < 4.78 is 5.37. The normalized spacial score (nSPS) is 10.5. The van der Waals surface area contributed by atoms with Crippen molar-refractivity contribution in [3.63, 3.8) is 0 Å². The first-order valence-electron chi connectivity index (χ1n) is 5.76. The highest BCUT2D eigenvalue weighted by Gasteiger charge is 2.02. The second-order valence-electron chi connectivity index (χ2n) is 4.04. The summed E-state index contributed by atoms with van der Waals surface area (Å²) >= 11 is 0. The smallest absolute Gasteiger partial charge is 0.251 e. The van der Waals surface area contributed by atoms with Gasteiger partial charge in [0.2, 0.25) is 0 Å². The SMILES string of the molecule is CN(C)CCOCCNC(=O)c1ccccc1. The van der Waals surface area contributed by atoms with E-state index in [4.69, 9.17) is 4.74 Å². The van der Waals surface area contributed by atoms with Crippen molar-refractivity contribution in [2.75, 3.05) is 40.4 Å². The molecule has 1 rings (SSSR count). The van der Waals surface area contributed by atoms with Crippen LogP contribution in [-0.4, -0.2) is 51.2 Å². The van der Waals surface area contributed by atoms with Gasteiger partial charge in [0.15, 0.2) is 0 Å². The summed E-state index contributed by atoms with van der Waals surface area (Å²) in [5.41, 5.74) is 0.681. The van der Waals surface area contributed by atoms with Crippen LogP contribution < -0.4 is 5.32 Å². The van der Waals surface area contributed by atoms with Gasteiger partial charge in [0.05, 0.1) is 13.2 Å². The Morgan fingerprint density at radius 1 is 1.24 bits per heavy atom. The molecule has 94 valence electrons. The van der Waals surface area contributed by atoms with Crippen LogP contribution in [0.2, 0.25) is 0 Å². The summed E-state index contributed by atoms with van der Waals surface area (Å²) in [6.45, 7) is 2.68. The van der Waals surface area contributed by atoms with Gasteiger partial charge < -0.3 is 15.0 Å². The number of benzene rings is 1. The highest BCUT2D eigenvalue weighted by atomic mass is 16.5. The number of amides is 1. The van der Waals surface area contributed by atoms with Crippen molar-refractivity contribution in [2.45, 2.75) is 0 Å². The first-order chi connectivity index (χ1) is 8.20. The van der Waals surface area contributed by atoms with Crippen LogP contribution in [-0.2, 0) is 4.74 Å². The lowest BCUT2D eigenvalue weighted by Crippen LogP contribution is -2.28. The topological polar surface area (TPSA) is 41.6 Å². The van der Waals surface area contributed by atoms with Crippen molar-refractivity contribution in [1.29, 1.82) is 0 Å². The summed E-state index contributed by atoms with van der Waals surface area (Å²) in [7, 11) is 4.00. The second kappa shape index (κ2) is 7.81. The molecule has 1 amide bonds. The van der Waals surface area contributed by atoms with Gasteiger partial charge in [0.25, 0.3) is 5.91 Å². The lowest BCUT2D eigenvalue weighted by atomic mass is 10.2. The third-order valence-corrected chi connectivity index (χ3v) is 2.25. The summed E-state index contributed by atoms with van der Waals surface area (Å²) in [4.78, 5) is 13.7. The molecule has 0 aliphatic carbocycles. The van der Waals surface area contributed by atoms with Gasteiger partial charge in [-0.25, -0.2) is 0 Å². The molecule has 17 heavy (non-hydrogen) atoms. The van der Waals surface area contributed by atoms with Crippen LogP contribution >= 0.6 is 0 Å². The Kier molecular flexibility index (Phi) is 6.29. The van der Waals surface area contributed by atoms with E-state index in [1.54, 1.807) is 12.1 Å².